The first-order chi connectivity index (χ1) is 12.0. The maximum absolute atomic E-state index is 13.9. The molecule has 2 aromatic carbocycles. The molecule has 0 aromatic heterocycles. The predicted octanol–water partition coefficient (Wildman–Crippen LogP) is 5.24. The van der Waals surface area contributed by atoms with E-state index in [1.165, 1.54) is 18.2 Å². The summed E-state index contributed by atoms with van der Waals surface area (Å²) in [7, 11) is 0. The zero-order valence-electron chi connectivity index (χ0n) is 13.9. The summed E-state index contributed by atoms with van der Waals surface area (Å²) in [6, 6.07) is 9.38. The van der Waals surface area contributed by atoms with Gasteiger partial charge in [0.1, 0.15) is 23.2 Å². The largest absolute Gasteiger partial charge is 0.454 e. The van der Waals surface area contributed by atoms with Gasteiger partial charge in [-0.05, 0) is 54.3 Å². The minimum Gasteiger partial charge on any atom is -0.454 e. The molecule has 0 unspecified atom stereocenters. The second kappa shape index (κ2) is 7.36. The van der Waals surface area contributed by atoms with Crippen LogP contribution in [0, 0.1) is 5.82 Å². The van der Waals surface area contributed by atoms with Gasteiger partial charge in [0.05, 0.1) is 0 Å². The molecule has 1 aliphatic carbocycles. The fraction of sp³-hybridized carbons (Fsp3) is 0.300. The normalized spacial score (nSPS) is 15.5. The van der Waals surface area contributed by atoms with Crippen molar-refractivity contribution in [1.82, 2.24) is 0 Å². The van der Waals surface area contributed by atoms with E-state index in [2.05, 4.69) is 0 Å². The summed E-state index contributed by atoms with van der Waals surface area (Å²) in [6.07, 6.45) is 2.14. The van der Waals surface area contributed by atoms with Crippen molar-refractivity contribution in [2.24, 2.45) is 0 Å². The summed E-state index contributed by atoms with van der Waals surface area (Å²) in [5, 5.41) is 0.283. The van der Waals surface area contributed by atoms with Crippen molar-refractivity contribution in [3.63, 3.8) is 0 Å². The summed E-state index contributed by atoms with van der Waals surface area (Å²) in [6.45, 7) is 1.97. The number of aryl methyl sites for hydroxylation is 1. The van der Waals surface area contributed by atoms with Crippen molar-refractivity contribution in [1.29, 1.82) is 0 Å². The number of carbonyl (C=O) groups excluding carboxylic acids is 2. The first-order valence-corrected chi connectivity index (χ1v) is 8.68. The fourth-order valence-electron chi connectivity index (χ4n) is 3.16. The Bertz CT molecular complexity index is 816. The molecule has 0 heterocycles. The molecule has 0 amide bonds. The lowest BCUT2D eigenvalue weighted by Crippen LogP contribution is -2.27. The molecule has 2 aromatic rings. The lowest BCUT2D eigenvalue weighted by molar-refractivity contribution is -0.131. The van der Waals surface area contributed by atoms with Crippen LogP contribution in [0.2, 0.25) is 5.02 Å². The van der Waals surface area contributed by atoms with E-state index in [9.17, 15) is 14.0 Å². The number of ketones is 2. The highest BCUT2D eigenvalue weighted by Crippen LogP contribution is 2.34. The third-order valence-corrected chi connectivity index (χ3v) is 4.66. The van der Waals surface area contributed by atoms with Crippen LogP contribution in [0.3, 0.4) is 0 Å². The lowest BCUT2D eigenvalue weighted by Gasteiger charge is -2.22. The third-order valence-electron chi connectivity index (χ3n) is 4.42. The first kappa shape index (κ1) is 17.6. The van der Waals surface area contributed by atoms with Crippen LogP contribution in [0.4, 0.5) is 4.39 Å². The van der Waals surface area contributed by atoms with Crippen LogP contribution in [0.15, 0.2) is 36.4 Å². The molecule has 5 heteroatoms. The fourth-order valence-corrected chi connectivity index (χ4v) is 3.32. The average Bonchev–Trinajstić information content (AvgIpc) is 2.57. The van der Waals surface area contributed by atoms with E-state index in [1.54, 1.807) is 12.1 Å². The molecule has 0 spiro atoms. The van der Waals surface area contributed by atoms with E-state index in [0.717, 1.165) is 5.56 Å². The van der Waals surface area contributed by atoms with E-state index in [0.29, 0.717) is 37.0 Å². The van der Waals surface area contributed by atoms with Crippen LogP contribution >= 0.6 is 11.6 Å². The predicted molar refractivity (Wildman–Crippen MR) is 93.9 cm³/mol. The molecule has 130 valence electrons. The number of halogens is 2. The van der Waals surface area contributed by atoms with Crippen LogP contribution < -0.4 is 4.74 Å². The van der Waals surface area contributed by atoms with E-state index in [4.69, 9.17) is 16.3 Å². The smallest absolute Gasteiger partial charge is 0.167 e. The summed E-state index contributed by atoms with van der Waals surface area (Å²) in [5.74, 6) is -0.984. The van der Waals surface area contributed by atoms with E-state index < -0.39 is 11.7 Å². The highest BCUT2D eigenvalue weighted by molar-refractivity contribution is 6.30. The number of rotatable bonds is 4. The SMILES string of the molecule is CCc1ccc(Oc2ccc(Cl)cc2F)cc1C1C(=O)CCCC1=O. The quantitative estimate of drug-likeness (QED) is 0.700. The van der Waals surface area contributed by atoms with Crippen LogP contribution in [0.1, 0.15) is 43.2 Å². The molecule has 1 fully saturated rings. The van der Waals surface area contributed by atoms with Gasteiger partial charge in [-0.1, -0.05) is 24.6 Å². The Morgan fingerprint density at radius 3 is 2.48 bits per heavy atom. The number of benzene rings is 2. The van der Waals surface area contributed by atoms with E-state index in [1.807, 2.05) is 13.0 Å². The Labute approximate surface area is 150 Å². The minimum absolute atomic E-state index is 0.0425. The average molecular weight is 361 g/mol. The third kappa shape index (κ3) is 3.74. The summed E-state index contributed by atoms with van der Waals surface area (Å²) >= 11 is 5.75. The Morgan fingerprint density at radius 2 is 1.84 bits per heavy atom. The first-order valence-electron chi connectivity index (χ1n) is 8.30. The standard InChI is InChI=1S/C20H18ClFO3/c1-2-12-6-8-14(25-19-9-7-13(21)10-16(19)22)11-15(12)20-17(23)4-3-5-18(20)24/h6-11,20H,2-5H2,1H3. The van der Waals surface area contributed by atoms with Gasteiger partial charge in [0.15, 0.2) is 11.6 Å². The number of Topliss-reactive ketones (excluding diaryl/α,β-unsaturated/α-hetero) is 2. The molecule has 0 saturated heterocycles. The molecule has 25 heavy (non-hydrogen) atoms. The number of carbonyl (C=O) groups is 2. The Hall–Kier alpha value is -2.20. The van der Waals surface area contributed by atoms with Gasteiger partial charge in [-0.2, -0.15) is 0 Å². The van der Waals surface area contributed by atoms with E-state index >= 15 is 0 Å². The van der Waals surface area contributed by atoms with Gasteiger partial charge in [0.2, 0.25) is 0 Å². The van der Waals surface area contributed by atoms with Crippen molar-refractivity contribution < 1.29 is 18.7 Å². The molecule has 3 nitrogen and oxygen atoms in total. The monoisotopic (exact) mass is 360 g/mol. The zero-order valence-corrected chi connectivity index (χ0v) is 14.6. The van der Waals surface area contributed by atoms with Gasteiger partial charge in [0, 0.05) is 17.9 Å². The Balaban J connectivity index is 1.97. The van der Waals surface area contributed by atoms with Crippen LogP contribution in [-0.2, 0) is 16.0 Å². The van der Waals surface area contributed by atoms with Gasteiger partial charge in [-0.25, -0.2) is 4.39 Å². The molecule has 0 bridgehead atoms. The molecule has 1 aliphatic rings. The Kier molecular flexibility index (Phi) is 5.19. The van der Waals surface area contributed by atoms with Crippen LogP contribution in [0.25, 0.3) is 0 Å². The van der Waals surface area contributed by atoms with Crippen molar-refractivity contribution in [2.75, 3.05) is 0 Å². The minimum atomic E-state index is -0.734. The molecular formula is C20H18ClFO3. The number of hydrogen-bond acceptors (Lipinski definition) is 3. The van der Waals surface area contributed by atoms with E-state index in [-0.39, 0.29) is 22.3 Å². The summed E-state index contributed by atoms with van der Waals surface area (Å²) in [5.41, 5.74) is 1.60. The van der Waals surface area contributed by atoms with Crippen LogP contribution in [0.5, 0.6) is 11.5 Å². The second-order valence-corrected chi connectivity index (χ2v) is 6.55. The lowest BCUT2D eigenvalue weighted by atomic mass is 9.79. The molecule has 0 N–H and O–H groups in total. The molecule has 0 atom stereocenters. The van der Waals surface area contributed by atoms with Gasteiger partial charge in [-0.3, -0.25) is 9.59 Å². The molecule has 1 saturated carbocycles. The van der Waals surface area contributed by atoms with Crippen LogP contribution in [-0.4, -0.2) is 11.6 Å². The van der Waals surface area contributed by atoms with Gasteiger partial charge in [0.25, 0.3) is 0 Å². The molecule has 0 radical (unpaired) electrons. The maximum atomic E-state index is 13.9. The molecular weight excluding hydrogens is 343 g/mol. The maximum Gasteiger partial charge on any atom is 0.167 e. The molecule has 0 aliphatic heterocycles. The Morgan fingerprint density at radius 1 is 1.12 bits per heavy atom. The number of hydrogen-bond donors (Lipinski definition) is 0. The zero-order chi connectivity index (χ0) is 18.0. The van der Waals surface area contributed by atoms with Crippen molar-refractivity contribution in [2.45, 2.75) is 38.5 Å². The summed E-state index contributed by atoms with van der Waals surface area (Å²) < 4.78 is 19.6. The highest BCUT2D eigenvalue weighted by atomic mass is 35.5. The van der Waals surface area contributed by atoms with Gasteiger partial charge >= 0.3 is 0 Å². The van der Waals surface area contributed by atoms with Crippen molar-refractivity contribution >= 4 is 23.2 Å². The second-order valence-electron chi connectivity index (χ2n) is 6.11. The number of ether oxygens (including phenoxy) is 1. The van der Waals surface area contributed by atoms with Crippen molar-refractivity contribution in [3.8, 4) is 11.5 Å². The summed E-state index contributed by atoms with van der Waals surface area (Å²) in [4.78, 5) is 24.6. The van der Waals surface area contributed by atoms with Crippen molar-refractivity contribution in [3.05, 3.63) is 58.4 Å². The molecule has 3 rings (SSSR count). The van der Waals surface area contributed by atoms with Gasteiger partial charge in [-0.15, -0.1) is 0 Å². The van der Waals surface area contributed by atoms with Gasteiger partial charge < -0.3 is 4.74 Å². The topological polar surface area (TPSA) is 43.4 Å². The highest BCUT2D eigenvalue weighted by Gasteiger charge is 2.33.